The maximum atomic E-state index is 12.4. The van der Waals surface area contributed by atoms with Crippen molar-refractivity contribution in [3.8, 4) is 0 Å². The number of carboxylic acids is 1. The van der Waals surface area contributed by atoms with Crippen LogP contribution in [0.2, 0.25) is 0 Å². The minimum absolute atomic E-state index is 0.00481. The van der Waals surface area contributed by atoms with E-state index >= 15 is 0 Å². The van der Waals surface area contributed by atoms with Crippen LogP contribution in [0.4, 0.5) is 19.2 Å². The smallest absolute Gasteiger partial charge is 0.408 e. The van der Waals surface area contributed by atoms with E-state index in [-0.39, 0.29) is 116 Å². The van der Waals surface area contributed by atoms with E-state index in [0.29, 0.717) is 5.06 Å². The number of carboxylic acid groups (broad SMARTS) is 1. The molecule has 0 spiro atoms. The number of imide groups is 1. The topological polar surface area (TPSA) is 625 Å². The van der Waals surface area contributed by atoms with Gasteiger partial charge in [-0.05, 0) is 83.1 Å². The highest BCUT2D eigenvalue weighted by atomic mass is 16.7. The average Bonchev–Trinajstić information content (AvgIpc) is 1.75. The van der Waals surface area contributed by atoms with Crippen molar-refractivity contribution in [2.45, 2.75) is 189 Å². The van der Waals surface area contributed by atoms with Crippen molar-refractivity contribution in [3.63, 3.8) is 0 Å². The van der Waals surface area contributed by atoms with Gasteiger partial charge in [-0.25, -0.2) is 24.0 Å². The van der Waals surface area contributed by atoms with Crippen LogP contribution in [0.1, 0.15) is 160 Å². The molecule has 46 heteroatoms. The Hall–Kier alpha value is -12.0. The predicted octanol–water partition coefficient (Wildman–Crippen LogP) is -1.53. The van der Waals surface area contributed by atoms with Crippen LogP contribution in [0.5, 0.6) is 0 Å². The molecule has 0 radical (unpaired) electrons. The van der Waals surface area contributed by atoms with E-state index in [0.717, 1.165) is 36.0 Å². The second kappa shape index (κ2) is 56.3. The fourth-order valence-electron chi connectivity index (χ4n) is 7.89. The molecule has 7 N–H and O–H groups in total. The average molecular weight is 1680 g/mol. The maximum absolute atomic E-state index is 12.4. The van der Waals surface area contributed by atoms with Crippen LogP contribution >= 0.6 is 0 Å². The molecule has 117 heavy (non-hydrogen) atoms. The standard InChI is InChI=1S/C20H28N2O10.C16H26N2O8.C15H24N2O8.C14H20N2O7.C6H11NO4/c1-20(2,3)32-19(29)21-9-12(23)5-8-15(26)22(10-16(27)30-4)11-17(28)31-18-13(24)6-7-14(18)25;1-16(2,3)26-15(24)17-7-11(20)5-6-13(22)18(8-12(21)10-19)9-14(23)25-4;1-15(2,3)25-14(23)16-7-10(18)5-6-11(19)17(8-12(20)21)9-13(22)24-4;1-14(2,3)22-13(21)15-8-9(17)4-7-12(20)23-16-10(18)5-6-11(16)19;1-10-5(8)3-7-4-6(9)11-2/h18H,5-11H2,1-4H3,(H,21,29);19H,5-10H2,1-4H3,(H,17,24);5-9H2,1-4H3,(H,16,23)(H,20,21);4-8H2,1-3H3,(H,15,21);7H,3-4H2,1-2H3. The third-order valence-corrected chi connectivity index (χ3v) is 13.3. The normalized spacial score (nSPS) is 12.2. The number of ketones is 7. The molecule has 1 aliphatic heterocycles. The number of amides is 9. The van der Waals surface area contributed by atoms with Gasteiger partial charge in [0.2, 0.25) is 23.8 Å². The van der Waals surface area contributed by atoms with Gasteiger partial charge >= 0.3 is 72.1 Å². The summed E-state index contributed by atoms with van der Waals surface area (Å²) in [5.74, 6) is -13.0. The summed E-state index contributed by atoms with van der Waals surface area (Å²) in [5, 5.41) is 29.6. The molecule has 0 aromatic heterocycles. The molecule has 1 saturated carbocycles. The Kier molecular flexibility index (Phi) is 52.5. The summed E-state index contributed by atoms with van der Waals surface area (Å²) in [6.45, 7) is 14.6. The maximum Gasteiger partial charge on any atom is 0.408 e. The van der Waals surface area contributed by atoms with E-state index in [4.69, 9.17) is 33.9 Å². The Bertz CT molecular complexity index is 3440. The van der Waals surface area contributed by atoms with Crippen molar-refractivity contribution in [1.29, 1.82) is 0 Å². The van der Waals surface area contributed by atoms with Gasteiger partial charge in [-0.15, -0.1) is 5.06 Å². The summed E-state index contributed by atoms with van der Waals surface area (Å²) < 4.78 is 46.7. The van der Waals surface area contributed by atoms with Crippen LogP contribution in [0.3, 0.4) is 0 Å². The number of hydroxylamine groups is 2. The Labute approximate surface area is 673 Å². The number of Topliss-reactive ketones (excluding diaryl/α,β-unsaturated/α-hetero) is 7. The van der Waals surface area contributed by atoms with E-state index in [1.165, 1.54) is 14.2 Å². The van der Waals surface area contributed by atoms with Crippen LogP contribution in [0, 0.1) is 0 Å². The van der Waals surface area contributed by atoms with Gasteiger partial charge in [0, 0.05) is 70.6 Å². The van der Waals surface area contributed by atoms with Crippen LogP contribution in [0.25, 0.3) is 0 Å². The minimum Gasteiger partial charge on any atom is -0.480 e. The number of methoxy groups -OCH3 is 5. The number of nitrogens with zero attached hydrogens (tertiary/aromatic N) is 4. The third-order valence-electron chi connectivity index (χ3n) is 13.3. The molecule has 0 atom stereocenters. The van der Waals surface area contributed by atoms with Crippen molar-refractivity contribution in [1.82, 2.24) is 46.3 Å². The molecule has 0 aromatic carbocycles. The Morgan fingerprint density at radius 2 is 0.624 bits per heavy atom. The molecule has 0 aromatic rings. The number of carbonyl (C=O) groups is 24. The van der Waals surface area contributed by atoms with Gasteiger partial charge in [0.15, 0.2) is 40.5 Å². The lowest BCUT2D eigenvalue weighted by atomic mass is 10.2. The molecule has 660 valence electrons. The number of aliphatic hydroxyl groups is 1. The van der Waals surface area contributed by atoms with Crippen molar-refractivity contribution >= 4 is 142 Å². The third kappa shape index (κ3) is 58.5. The zero-order valence-corrected chi connectivity index (χ0v) is 68.7. The van der Waals surface area contributed by atoms with Crippen molar-refractivity contribution in [2.75, 3.05) is 121 Å². The van der Waals surface area contributed by atoms with Crippen LogP contribution < -0.4 is 26.6 Å². The molecule has 1 saturated heterocycles. The van der Waals surface area contributed by atoms with Crippen LogP contribution in [0.15, 0.2) is 0 Å². The molecule has 2 fully saturated rings. The lowest BCUT2D eigenvalue weighted by Crippen LogP contribution is -2.42. The molecular formula is C71H109N9O37. The van der Waals surface area contributed by atoms with Gasteiger partial charge in [0.05, 0.1) is 87.8 Å². The fraction of sp³-hybridized carbons (Fsp3) is 0.662. The number of aliphatic carboxylic acids is 1. The molecule has 0 bridgehead atoms. The first-order valence-electron chi connectivity index (χ1n) is 35.5. The Morgan fingerprint density at radius 3 is 0.897 bits per heavy atom. The minimum atomic E-state index is -1.50. The van der Waals surface area contributed by atoms with E-state index in [1.807, 2.05) is 0 Å². The van der Waals surface area contributed by atoms with Gasteiger partial charge in [0.1, 0.15) is 61.7 Å². The molecular weight excluding hydrogens is 1570 g/mol. The second-order valence-electron chi connectivity index (χ2n) is 28.2. The molecule has 1 heterocycles. The van der Waals surface area contributed by atoms with E-state index in [9.17, 15) is 115 Å². The number of nitrogens with one attached hydrogen (secondary N) is 5. The number of carbonyl (C=O) groups excluding carboxylic acids is 23. The number of hydrogen-bond donors (Lipinski definition) is 7. The molecule has 46 nitrogen and oxygen atoms in total. The van der Waals surface area contributed by atoms with Gasteiger partial charge in [-0.1, -0.05) is 0 Å². The number of rotatable bonds is 39. The summed E-state index contributed by atoms with van der Waals surface area (Å²) in [6.07, 6.45) is -6.67. The summed E-state index contributed by atoms with van der Waals surface area (Å²) in [6, 6.07) is 0. The van der Waals surface area contributed by atoms with Gasteiger partial charge in [0.25, 0.3) is 11.8 Å². The number of esters is 6. The lowest BCUT2D eigenvalue weighted by molar-refractivity contribution is -0.197. The molecule has 2 aliphatic rings. The van der Waals surface area contributed by atoms with E-state index < -0.39 is 217 Å². The molecule has 9 amide bonds. The van der Waals surface area contributed by atoms with Crippen LogP contribution in [-0.2, 0) is 148 Å². The zero-order valence-electron chi connectivity index (χ0n) is 68.7. The summed E-state index contributed by atoms with van der Waals surface area (Å²) in [5.41, 5.74) is -2.81. The Morgan fingerprint density at radius 1 is 0.350 bits per heavy atom. The highest BCUT2D eigenvalue weighted by Crippen LogP contribution is 2.17. The zero-order chi connectivity index (χ0) is 90.7. The highest BCUT2D eigenvalue weighted by Gasteiger charge is 2.38. The summed E-state index contributed by atoms with van der Waals surface area (Å²) in [4.78, 5) is 283. The number of hydrogen-bond acceptors (Lipinski definition) is 37. The molecule has 1 aliphatic carbocycles. The first-order chi connectivity index (χ1) is 54.0. The first-order valence-corrected chi connectivity index (χ1v) is 35.5. The quantitative estimate of drug-likeness (QED) is 0.0159. The van der Waals surface area contributed by atoms with E-state index in [1.54, 1.807) is 83.1 Å². The van der Waals surface area contributed by atoms with Gasteiger partial charge in [-0.2, -0.15) is 0 Å². The van der Waals surface area contributed by atoms with Gasteiger partial charge < -0.3 is 98.4 Å². The van der Waals surface area contributed by atoms with Crippen molar-refractivity contribution in [2.24, 2.45) is 0 Å². The molecule has 0 unspecified atom stereocenters. The summed E-state index contributed by atoms with van der Waals surface area (Å²) in [7, 11) is 5.89. The van der Waals surface area contributed by atoms with E-state index in [2.05, 4.69) is 55.1 Å². The van der Waals surface area contributed by atoms with Crippen LogP contribution in [-0.4, -0.2) is 321 Å². The monoisotopic (exact) mass is 1680 g/mol. The largest absolute Gasteiger partial charge is 0.480 e. The van der Waals surface area contributed by atoms with Gasteiger partial charge in [-0.3, -0.25) is 96.4 Å². The summed E-state index contributed by atoms with van der Waals surface area (Å²) >= 11 is 0. The second-order valence-corrected chi connectivity index (χ2v) is 28.2. The number of alkyl carbamates (subject to hydrolysis) is 4. The predicted molar refractivity (Wildman–Crippen MR) is 393 cm³/mol. The van der Waals surface area contributed by atoms with Crippen molar-refractivity contribution < 1.29 is 177 Å². The molecule has 2 rings (SSSR count). The first kappa shape index (κ1) is 109. The number of aliphatic hydroxyl groups excluding tert-OH is 1. The highest BCUT2D eigenvalue weighted by molar-refractivity contribution is 6.12. The van der Waals surface area contributed by atoms with Crippen molar-refractivity contribution in [3.05, 3.63) is 0 Å². The fourth-order valence-corrected chi connectivity index (χ4v) is 7.89. The number of ether oxygens (including phenoxy) is 10. The SMILES string of the molecule is CC(C)(C)OC(=O)NCC(=O)CCC(=O)ON1C(=O)CCC1=O.COC(=O)CN(CC(=O)CO)C(=O)CCC(=O)CNC(=O)OC(C)(C)C.COC(=O)CN(CC(=O)O)C(=O)CCC(=O)CNC(=O)OC(C)(C)C.COC(=O)CN(CC(=O)OC1C(=O)CCC1=O)C(=O)CCC(=O)CNC(=O)OC(C)(C)C.COC(=O)CNCC(=O)OC. The Balaban J connectivity index is -0.00000143. The lowest BCUT2D eigenvalue weighted by Gasteiger charge is -2.21.